The zero-order valence-electron chi connectivity index (χ0n) is 13.7. The monoisotopic (exact) mass is 349 g/mol. The van der Waals surface area contributed by atoms with E-state index in [4.69, 9.17) is 4.74 Å². The molecule has 5 nitrogen and oxygen atoms in total. The quantitative estimate of drug-likeness (QED) is 0.657. The summed E-state index contributed by atoms with van der Waals surface area (Å²) in [6.45, 7) is 0.998. The maximum atomic E-state index is 11.7. The summed E-state index contributed by atoms with van der Waals surface area (Å²) in [5.74, 6) is 1.12. The molecule has 0 saturated heterocycles. The summed E-state index contributed by atoms with van der Waals surface area (Å²) in [5, 5.41) is 11.5. The van der Waals surface area contributed by atoms with Crippen molar-refractivity contribution in [3.8, 4) is 16.6 Å². The first-order chi connectivity index (χ1) is 12.2. The number of benzene rings is 1. The second kappa shape index (κ2) is 5.17. The van der Waals surface area contributed by atoms with Crippen molar-refractivity contribution in [1.29, 1.82) is 5.26 Å². The van der Waals surface area contributed by atoms with E-state index >= 15 is 0 Å². The molecule has 2 aromatic heterocycles. The van der Waals surface area contributed by atoms with Crippen molar-refractivity contribution in [3.05, 3.63) is 40.5 Å². The smallest absolute Gasteiger partial charge is 0.349 e. The normalized spacial score (nSPS) is 20.6. The van der Waals surface area contributed by atoms with Gasteiger partial charge in [0.1, 0.15) is 16.0 Å². The number of ether oxygens (including phenoxy) is 1. The van der Waals surface area contributed by atoms with Gasteiger partial charge in [-0.25, -0.2) is 9.78 Å². The number of methoxy groups -OCH3 is 1. The van der Waals surface area contributed by atoms with Gasteiger partial charge < -0.3 is 9.30 Å². The summed E-state index contributed by atoms with van der Waals surface area (Å²) >= 11 is 1.29. The fourth-order valence-electron chi connectivity index (χ4n) is 4.02. The lowest BCUT2D eigenvalue weighted by molar-refractivity contribution is 0.0606. The van der Waals surface area contributed by atoms with Crippen LogP contribution in [0.25, 0.3) is 21.5 Å². The Bertz CT molecular complexity index is 1070. The molecular weight excluding hydrogens is 334 g/mol. The Labute approximate surface area is 148 Å². The van der Waals surface area contributed by atoms with E-state index in [1.165, 1.54) is 43.2 Å². The van der Waals surface area contributed by atoms with Crippen LogP contribution >= 0.6 is 11.3 Å². The predicted molar refractivity (Wildman–Crippen MR) is 94.6 cm³/mol. The highest BCUT2D eigenvalue weighted by Gasteiger charge is 2.43. The number of fused-ring (bicyclic) bond motifs is 5. The molecule has 0 spiro atoms. The van der Waals surface area contributed by atoms with Crippen LogP contribution in [-0.4, -0.2) is 22.6 Å². The minimum atomic E-state index is -0.385. The summed E-state index contributed by atoms with van der Waals surface area (Å²) in [6.07, 6.45) is 4.02. The van der Waals surface area contributed by atoms with Gasteiger partial charge in [0.05, 0.1) is 24.4 Å². The second-order valence-electron chi connectivity index (χ2n) is 6.71. The first kappa shape index (κ1) is 14.7. The fraction of sp³-hybridized carbons (Fsp3) is 0.316. The molecule has 5 rings (SSSR count). The Balaban J connectivity index is 1.67. The number of carbonyl (C=O) groups excluding carboxylic acids is 1. The lowest BCUT2D eigenvalue weighted by Crippen LogP contribution is -2.09. The minimum absolute atomic E-state index is 0.385. The van der Waals surface area contributed by atoms with Crippen LogP contribution in [0, 0.1) is 17.2 Å². The maximum Gasteiger partial charge on any atom is 0.349 e. The van der Waals surface area contributed by atoms with Gasteiger partial charge >= 0.3 is 5.97 Å². The van der Waals surface area contributed by atoms with Crippen molar-refractivity contribution < 1.29 is 9.53 Å². The van der Waals surface area contributed by atoms with E-state index in [1.54, 1.807) is 0 Å². The van der Waals surface area contributed by atoms with E-state index in [9.17, 15) is 10.1 Å². The first-order valence-electron chi connectivity index (χ1n) is 8.31. The molecule has 25 heavy (non-hydrogen) atoms. The van der Waals surface area contributed by atoms with Gasteiger partial charge in [-0.2, -0.15) is 5.26 Å². The molecular formula is C19H15N3O2S. The van der Waals surface area contributed by atoms with Crippen molar-refractivity contribution in [2.45, 2.75) is 25.3 Å². The van der Waals surface area contributed by atoms with Gasteiger partial charge in [0.2, 0.25) is 0 Å². The van der Waals surface area contributed by atoms with Crippen molar-refractivity contribution >= 4 is 28.2 Å². The average Bonchev–Trinajstić information content (AvgIpc) is 3.11. The van der Waals surface area contributed by atoms with Gasteiger partial charge in [-0.3, -0.25) is 0 Å². The highest BCUT2D eigenvalue weighted by molar-refractivity contribution is 7.16. The first-order valence-corrected chi connectivity index (χ1v) is 9.13. The molecule has 6 heteroatoms. The second-order valence-corrected chi connectivity index (χ2v) is 7.74. The molecule has 1 fully saturated rings. The molecule has 0 N–H and O–H groups in total. The van der Waals surface area contributed by atoms with Crippen LogP contribution in [0.3, 0.4) is 0 Å². The van der Waals surface area contributed by atoms with Crippen molar-refractivity contribution in [3.63, 3.8) is 0 Å². The molecule has 1 saturated carbocycles. The predicted octanol–water partition coefficient (Wildman–Crippen LogP) is 3.93. The van der Waals surface area contributed by atoms with Gasteiger partial charge in [0.25, 0.3) is 0 Å². The summed E-state index contributed by atoms with van der Waals surface area (Å²) < 4.78 is 7.07. The number of thiazole rings is 1. The Morgan fingerprint density at radius 3 is 3.12 bits per heavy atom. The molecule has 1 aliphatic carbocycles. The van der Waals surface area contributed by atoms with E-state index < -0.39 is 0 Å². The van der Waals surface area contributed by atoms with Crippen LogP contribution in [0.2, 0.25) is 0 Å². The number of aryl methyl sites for hydroxylation is 1. The molecule has 3 heterocycles. The highest BCUT2D eigenvalue weighted by Crippen LogP contribution is 2.54. The molecule has 124 valence electrons. The van der Waals surface area contributed by atoms with Gasteiger partial charge in [0.15, 0.2) is 0 Å². The van der Waals surface area contributed by atoms with Crippen LogP contribution in [0.1, 0.15) is 39.7 Å². The van der Waals surface area contributed by atoms with E-state index in [0.717, 1.165) is 33.9 Å². The lowest BCUT2D eigenvalue weighted by Gasteiger charge is -2.15. The van der Waals surface area contributed by atoms with E-state index in [2.05, 4.69) is 27.8 Å². The number of carbonyl (C=O) groups is 1. The topological polar surface area (TPSA) is 67.9 Å². The van der Waals surface area contributed by atoms with Gasteiger partial charge in [-0.15, -0.1) is 11.3 Å². The molecule has 2 aliphatic rings. The summed E-state index contributed by atoms with van der Waals surface area (Å²) in [5.41, 5.74) is 3.96. The molecule has 0 bridgehead atoms. The zero-order chi connectivity index (χ0) is 17.1. The Morgan fingerprint density at radius 2 is 2.32 bits per heavy atom. The molecule has 0 radical (unpaired) electrons. The van der Waals surface area contributed by atoms with Crippen LogP contribution in [0.15, 0.2) is 24.4 Å². The van der Waals surface area contributed by atoms with Crippen molar-refractivity contribution in [2.75, 3.05) is 7.11 Å². The number of nitriles is 1. The largest absolute Gasteiger partial charge is 0.465 e. The van der Waals surface area contributed by atoms with E-state index in [-0.39, 0.29) is 5.97 Å². The number of esters is 1. The number of nitrogens with zero attached hydrogens (tertiary/aromatic N) is 3. The minimum Gasteiger partial charge on any atom is -0.465 e. The number of hydrogen-bond acceptors (Lipinski definition) is 5. The lowest BCUT2D eigenvalue weighted by atomic mass is 10.1. The molecule has 1 aliphatic heterocycles. The molecule has 0 amide bonds. The van der Waals surface area contributed by atoms with E-state index in [1.807, 2.05) is 6.07 Å². The Kier molecular flexibility index (Phi) is 3.03. The maximum absolute atomic E-state index is 11.7. The van der Waals surface area contributed by atoms with Crippen LogP contribution in [0.5, 0.6) is 0 Å². The Morgan fingerprint density at radius 1 is 1.44 bits per heavy atom. The fourth-order valence-corrected chi connectivity index (χ4v) is 4.84. The summed E-state index contributed by atoms with van der Waals surface area (Å²) in [7, 11) is 1.36. The number of rotatable bonds is 2. The number of aromatic nitrogens is 2. The number of hydrogen-bond donors (Lipinski definition) is 0. The molecule has 2 unspecified atom stereocenters. The van der Waals surface area contributed by atoms with Crippen molar-refractivity contribution in [2.24, 2.45) is 5.92 Å². The highest BCUT2D eigenvalue weighted by atomic mass is 32.1. The third-order valence-electron chi connectivity index (χ3n) is 5.31. The molecule has 2 atom stereocenters. The van der Waals surface area contributed by atoms with Crippen LogP contribution in [-0.2, 0) is 11.3 Å². The third-order valence-corrected chi connectivity index (χ3v) is 6.34. The van der Waals surface area contributed by atoms with Crippen LogP contribution in [0.4, 0.5) is 0 Å². The SMILES string of the molecule is COC(=O)c1cnc(-c2cc(C#N)c3c(c2)cc2n3CCC3CC23)s1. The molecule has 3 aromatic rings. The summed E-state index contributed by atoms with van der Waals surface area (Å²) in [6, 6.07) is 8.55. The summed E-state index contributed by atoms with van der Waals surface area (Å²) in [4.78, 5) is 16.5. The Hall–Kier alpha value is -2.65. The van der Waals surface area contributed by atoms with Crippen molar-refractivity contribution in [1.82, 2.24) is 9.55 Å². The van der Waals surface area contributed by atoms with E-state index in [0.29, 0.717) is 16.4 Å². The van der Waals surface area contributed by atoms with Gasteiger partial charge in [-0.1, -0.05) is 0 Å². The van der Waals surface area contributed by atoms with Gasteiger partial charge in [-0.05, 0) is 37.0 Å². The zero-order valence-corrected chi connectivity index (χ0v) is 14.5. The standard InChI is InChI=1S/C19H15N3O2S/c1-24-19(23)16-9-21-18(25-16)12-4-11-7-15-14-6-10(14)2-3-22(15)17(11)13(5-12)8-20/h4-5,7,9-10,14H,2-3,6H2,1H3. The average molecular weight is 349 g/mol. The third kappa shape index (κ3) is 2.12. The molecule has 1 aromatic carbocycles. The van der Waals surface area contributed by atoms with Gasteiger partial charge in [0, 0.05) is 29.1 Å². The van der Waals surface area contributed by atoms with Crippen LogP contribution < -0.4 is 0 Å².